The van der Waals surface area contributed by atoms with Gasteiger partial charge in [-0.15, -0.1) is 12.4 Å². The topological polar surface area (TPSA) is 92.5 Å². The summed E-state index contributed by atoms with van der Waals surface area (Å²) < 4.78 is 0. The minimum Gasteiger partial charge on any atom is -0.351 e. The number of halogens is 1. The number of hydrogen-bond donors (Lipinski definition) is 2. The van der Waals surface area contributed by atoms with Gasteiger partial charge in [0.05, 0.1) is 11.1 Å². The molecule has 2 unspecified atom stereocenters. The molecular formula is C19H24ClN3O3. The zero-order chi connectivity index (χ0) is 17.6. The SMILES string of the molecule is Cl.NC1CC2CCCC(C1)C2NC(=O)CN1C(=O)c2ccccc2C1=O. The summed E-state index contributed by atoms with van der Waals surface area (Å²) in [7, 11) is 0. The third-order valence-corrected chi connectivity index (χ3v) is 5.88. The van der Waals surface area contributed by atoms with Crippen molar-refractivity contribution in [1.29, 1.82) is 0 Å². The van der Waals surface area contributed by atoms with Gasteiger partial charge in [0.1, 0.15) is 6.54 Å². The maximum atomic E-state index is 12.5. The van der Waals surface area contributed by atoms with Crippen LogP contribution in [0.4, 0.5) is 0 Å². The van der Waals surface area contributed by atoms with Crippen LogP contribution in [-0.4, -0.2) is 41.2 Å². The number of carbonyl (C=O) groups excluding carboxylic acids is 3. The van der Waals surface area contributed by atoms with Gasteiger partial charge >= 0.3 is 0 Å². The molecule has 3 amide bonds. The summed E-state index contributed by atoms with van der Waals surface area (Å²) in [6.07, 6.45) is 5.24. The standard InChI is InChI=1S/C19H23N3O3.ClH/c20-13-8-11-4-3-5-12(9-13)17(11)21-16(23)10-22-18(24)14-6-1-2-7-15(14)19(22)25;/h1-2,6-7,11-13,17H,3-5,8-10,20H2,(H,21,23);1H. The Kier molecular flexibility index (Phi) is 5.34. The third kappa shape index (κ3) is 3.23. The number of carbonyl (C=O) groups is 3. The molecule has 140 valence electrons. The Balaban J connectivity index is 0.00000196. The van der Waals surface area contributed by atoms with E-state index in [9.17, 15) is 14.4 Å². The van der Waals surface area contributed by atoms with E-state index in [4.69, 9.17) is 5.73 Å². The van der Waals surface area contributed by atoms with Crippen LogP contribution in [0.3, 0.4) is 0 Å². The van der Waals surface area contributed by atoms with Crippen LogP contribution in [-0.2, 0) is 4.79 Å². The Hall–Kier alpha value is -1.92. The van der Waals surface area contributed by atoms with Gasteiger partial charge in [-0.2, -0.15) is 0 Å². The first kappa shape index (κ1) is 18.9. The van der Waals surface area contributed by atoms with Gasteiger partial charge in [-0.1, -0.05) is 18.6 Å². The third-order valence-electron chi connectivity index (χ3n) is 5.88. The fourth-order valence-corrected chi connectivity index (χ4v) is 4.78. The molecule has 1 aliphatic heterocycles. The summed E-state index contributed by atoms with van der Waals surface area (Å²) in [6.45, 7) is -0.214. The summed E-state index contributed by atoms with van der Waals surface area (Å²) in [6, 6.07) is 7.04. The van der Waals surface area contributed by atoms with E-state index in [1.54, 1.807) is 24.3 Å². The second-order valence-corrected chi connectivity index (χ2v) is 7.52. The first-order valence-corrected chi connectivity index (χ1v) is 9.04. The molecule has 2 bridgehead atoms. The zero-order valence-corrected chi connectivity index (χ0v) is 15.3. The molecule has 7 heteroatoms. The van der Waals surface area contributed by atoms with Crippen LogP contribution < -0.4 is 11.1 Å². The molecule has 2 atom stereocenters. The number of hydrogen-bond acceptors (Lipinski definition) is 4. The molecule has 0 aromatic heterocycles. The van der Waals surface area contributed by atoms with Crippen molar-refractivity contribution in [3.8, 4) is 0 Å². The smallest absolute Gasteiger partial charge is 0.262 e. The molecule has 1 aromatic carbocycles. The number of nitrogens with two attached hydrogens (primary N) is 1. The van der Waals surface area contributed by atoms with E-state index in [0.29, 0.717) is 23.0 Å². The van der Waals surface area contributed by atoms with Gasteiger partial charge in [-0.05, 0) is 49.7 Å². The Morgan fingerprint density at radius 3 is 2.15 bits per heavy atom. The molecule has 2 aliphatic carbocycles. The normalized spacial score (nSPS) is 29.8. The van der Waals surface area contributed by atoms with Crippen LogP contribution >= 0.6 is 12.4 Å². The van der Waals surface area contributed by atoms with Crippen molar-refractivity contribution in [3.63, 3.8) is 0 Å². The molecule has 0 saturated heterocycles. The lowest BCUT2D eigenvalue weighted by Crippen LogP contribution is -2.55. The van der Waals surface area contributed by atoms with Gasteiger partial charge in [0, 0.05) is 12.1 Å². The molecule has 26 heavy (non-hydrogen) atoms. The molecule has 0 radical (unpaired) electrons. The predicted molar refractivity (Wildman–Crippen MR) is 99.0 cm³/mol. The first-order chi connectivity index (χ1) is 12.0. The number of nitrogens with zero attached hydrogens (tertiary/aromatic N) is 1. The van der Waals surface area contributed by atoms with Crippen molar-refractivity contribution in [2.45, 2.75) is 44.2 Å². The average molecular weight is 378 g/mol. The van der Waals surface area contributed by atoms with E-state index in [2.05, 4.69) is 5.32 Å². The van der Waals surface area contributed by atoms with Crippen LogP contribution in [0.5, 0.6) is 0 Å². The second kappa shape index (κ2) is 7.37. The molecule has 3 aliphatic rings. The van der Waals surface area contributed by atoms with Crippen molar-refractivity contribution in [3.05, 3.63) is 35.4 Å². The van der Waals surface area contributed by atoms with Gasteiger partial charge in [0.15, 0.2) is 0 Å². The number of benzene rings is 1. The molecule has 2 saturated carbocycles. The Labute approximate surface area is 158 Å². The molecule has 2 fully saturated rings. The lowest BCUT2D eigenvalue weighted by atomic mass is 9.67. The number of nitrogens with one attached hydrogen (secondary N) is 1. The Bertz CT molecular complexity index is 689. The molecule has 4 rings (SSSR count). The summed E-state index contributed by atoms with van der Waals surface area (Å²) in [5.41, 5.74) is 6.88. The van der Waals surface area contributed by atoms with E-state index in [1.807, 2.05) is 0 Å². The highest BCUT2D eigenvalue weighted by molar-refractivity contribution is 6.22. The largest absolute Gasteiger partial charge is 0.351 e. The van der Waals surface area contributed by atoms with Crippen molar-refractivity contribution >= 4 is 30.1 Å². The quantitative estimate of drug-likeness (QED) is 0.784. The van der Waals surface area contributed by atoms with Crippen LogP contribution in [0.1, 0.15) is 52.8 Å². The molecule has 1 heterocycles. The van der Waals surface area contributed by atoms with Gasteiger partial charge in [-0.25, -0.2) is 0 Å². The fourth-order valence-electron chi connectivity index (χ4n) is 4.78. The number of rotatable bonds is 3. The molecular weight excluding hydrogens is 354 g/mol. The fraction of sp³-hybridized carbons (Fsp3) is 0.526. The summed E-state index contributed by atoms with van der Waals surface area (Å²) in [4.78, 5) is 38.3. The minimum atomic E-state index is -0.387. The zero-order valence-electron chi connectivity index (χ0n) is 14.5. The van der Waals surface area contributed by atoms with Gasteiger partial charge < -0.3 is 11.1 Å². The van der Waals surface area contributed by atoms with E-state index in [-0.39, 0.29) is 48.8 Å². The maximum absolute atomic E-state index is 12.5. The summed E-state index contributed by atoms with van der Waals surface area (Å²) >= 11 is 0. The van der Waals surface area contributed by atoms with Crippen molar-refractivity contribution in [2.75, 3.05) is 6.54 Å². The molecule has 3 N–H and O–H groups in total. The number of fused-ring (bicyclic) bond motifs is 3. The second-order valence-electron chi connectivity index (χ2n) is 7.52. The summed E-state index contributed by atoms with van der Waals surface area (Å²) in [5, 5.41) is 3.10. The van der Waals surface area contributed by atoms with Gasteiger partial charge in [-0.3, -0.25) is 19.3 Å². The Morgan fingerprint density at radius 1 is 1.08 bits per heavy atom. The molecule has 1 aromatic rings. The van der Waals surface area contributed by atoms with E-state index in [1.165, 1.54) is 6.42 Å². The van der Waals surface area contributed by atoms with Gasteiger partial charge in [0.2, 0.25) is 5.91 Å². The average Bonchev–Trinajstić information content (AvgIpc) is 2.81. The van der Waals surface area contributed by atoms with Crippen molar-refractivity contribution in [1.82, 2.24) is 10.2 Å². The first-order valence-electron chi connectivity index (χ1n) is 9.04. The van der Waals surface area contributed by atoms with E-state index < -0.39 is 0 Å². The lowest BCUT2D eigenvalue weighted by molar-refractivity contribution is -0.123. The van der Waals surface area contributed by atoms with Crippen LogP contribution in [0.25, 0.3) is 0 Å². The van der Waals surface area contributed by atoms with E-state index >= 15 is 0 Å². The van der Waals surface area contributed by atoms with Crippen molar-refractivity contribution in [2.24, 2.45) is 17.6 Å². The highest BCUT2D eigenvalue weighted by Gasteiger charge is 2.41. The van der Waals surface area contributed by atoms with Crippen LogP contribution in [0.15, 0.2) is 24.3 Å². The van der Waals surface area contributed by atoms with Crippen LogP contribution in [0, 0.1) is 11.8 Å². The summed E-state index contributed by atoms with van der Waals surface area (Å²) in [5.74, 6) is -0.211. The Morgan fingerprint density at radius 2 is 1.62 bits per heavy atom. The highest BCUT2D eigenvalue weighted by Crippen LogP contribution is 2.39. The number of imide groups is 1. The minimum absolute atomic E-state index is 0. The van der Waals surface area contributed by atoms with E-state index in [0.717, 1.165) is 30.6 Å². The highest BCUT2D eigenvalue weighted by atomic mass is 35.5. The molecule has 6 nitrogen and oxygen atoms in total. The van der Waals surface area contributed by atoms with Crippen molar-refractivity contribution < 1.29 is 14.4 Å². The van der Waals surface area contributed by atoms with Gasteiger partial charge in [0.25, 0.3) is 11.8 Å². The monoisotopic (exact) mass is 377 g/mol. The predicted octanol–water partition coefficient (Wildman–Crippen LogP) is 1.73. The maximum Gasteiger partial charge on any atom is 0.262 e. The molecule has 0 spiro atoms. The van der Waals surface area contributed by atoms with Crippen LogP contribution in [0.2, 0.25) is 0 Å². The lowest BCUT2D eigenvalue weighted by Gasteiger charge is -2.45. The number of amides is 3.